The van der Waals surface area contributed by atoms with Crippen molar-refractivity contribution in [3.05, 3.63) is 29.3 Å². The summed E-state index contributed by atoms with van der Waals surface area (Å²) >= 11 is 0. The smallest absolute Gasteiger partial charge is 0.225 e. The largest absolute Gasteiger partial charge is 0.491 e. The molecule has 1 saturated heterocycles. The molecule has 6 heteroatoms. The highest BCUT2D eigenvalue weighted by molar-refractivity contribution is 5.77. The van der Waals surface area contributed by atoms with E-state index in [0.29, 0.717) is 39.1 Å². The summed E-state index contributed by atoms with van der Waals surface area (Å²) in [5.41, 5.74) is 2.13. The Morgan fingerprint density at radius 1 is 1.08 bits per heavy atom. The lowest BCUT2D eigenvalue weighted by Crippen LogP contribution is -2.33. The summed E-state index contributed by atoms with van der Waals surface area (Å²) in [5, 5.41) is 0. The van der Waals surface area contributed by atoms with Crippen LogP contribution in [0.5, 0.6) is 5.75 Å². The summed E-state index contributed by atoms with van der Waals surface area (Å²) in [4.78, 5) is 28.3. The molecule has 3 rings (SSSR count). The van der Waals surface area contributed by atoms with E-state index in [9.17, 15) is 9.59 Å². The van der Waals surface area contributed by atoms with Crippen LogP contribution in [0.1, 0.15) is 36.8 Å². The van der Waals surface area contributed by atoms with Gasteiger partial charge in [-0.15, -0.1) is 0 Å². The Morgan fingerprint density at radius 3 is 2.62 bits per heavy atom. The molecule has 2 aliphatic heterocycles. The van der Waals surface area contributed by atoms with Gasteiger partial charge in [-0.1, -0.05) is 12.1 Å². The minimum absolute atomic E-state index is 0.0814. The standard InChI is InChI=1S/C20H28N2O4/c1-25-12-8-20(24)22-11-13-26-18-6-4-16(14-17(18)15-22)5-7-19(23)21-9-2-3-10-21/h4,6,14H,2-3,5,7-13,15H2,1H3. The van der Waals surface area contributed by atoms with Gasteiger partial charge in [0, 0.05) is 38.7 Å². The number of hydrogen-bond acceptors (Lipinski definition) is 4. The molecule has 2 heterocycles. The Hall–Kier alpha value is -2.08. The van der Waals surface area contributed by atoms with Crippen LogP contribution in [-0.2, 0) is 27.3 Å². The van der Waals surface area contributed by atoms with Crippen molar-refractivity contribution >= 4 is 11.8 Å². The van der Waals surface area contributed by atoms with Crippen LogP contribution in [0.15, 0.2) is 18.2 Å². The zero-order valence-electron chi connectivity index (χ0n) is 15.5. The molecule has 0 spiro atoms. The Kier molecular flexibility index (Phi) is 6.50. The number of amides is 2. The van der Waals surface area contributed by atoms with Gasteiger partial charge in [0.2, 0.25) is 11.8 Å². The Bertz CT molecular complexity index is 641. The maximum atomic E-state index is 12.3. The van der Waals surface area contributed by atoms with E-state index in [1.807, 2.05) is 21.9 Å². The molecular formula is C20H28N2O4. The fourth-order valence-electron chi connectivity index (χ4n) is 3.54. The summed E-state index contributed by atoms with van der Waals surface area (Å²) in [6.45, 7) is 3.86. The van der Waals surface area contributed by atoms with Gasteiger partial charge in [-0.05, 0) is 30.9 Å². The molecule has 0 radical (unpaired) electrons. The molecule has 1 aromatic carbocycles. The van der Waals surface area contributed by atoms with Gasteiger partial charge < -0.3 is 19.3 Å². The number of rotatable bonds is 6. The predicted molar refractivity (Wildman–Crippen MR) is 98.0 cm³/mol. The van der Waals surface area contributed by atoms with Gasteiger partial charge in [0.25, 0.3) is 0 Å². The highest BCUT2D eigenvalue weighted by Crippen LogP contribution is 2.25. The number of aryl methyl sites for hydroxylation is 1. The quantitative estimate of drug-likeness (QED) is 0.779. The van der Waals surface area contributed by atoms with Crippen molar-refractivity contribution in [2.45, 2.75) is 38.6 Å². The average Bonchev–Trinajstić information content (AvgIpc) is 3.11. The van der Waals surface area contributed by atoms with Crippen molar-refractivity contribution in [3.63, 3.8) is 0 Å². The highest BCUT2D eigenvalue weighted by atomic mass is 16.5. The number of likely N-dealkylation sites (tertiary alicyclic amines) is 1. The van der Waals surface area contributed by atoms with Crippen molar-refractivity contribution in [2.24, 2.45) is 0 Å². The molecule has 0 bridgehead atoms. The van der Waals surface area contributed by atoms with Crippen LogP contribution in [-0.4, -0.2) is 61.6 Å². The van der Waals surface area contributed by atoms with Crippen molar-refractivity contribution in [2.75, 3.05) is 40.0 Å². The van der Waals surface area contributed by atoms with Crippen LogP contribution in [0.3, 0.4) is 0 Å². The minimum Gasteiger partial charge on any atom is -0.491 e. The van der Waals surface area contributed by atoms with Gasteiger partial charge in [-0.25, -0.2) is 0 Å². The maximum Gasteiger partial charge on any atom is 0.225 e. The summed E-state index contributed by atoms with van der Waals surface area (Å²) in [6.07, 6.45) is 3.88. The monoisotopic (exact) mass is 360 g/mol. The summed E-state index contributed by atoms with van der Waals surface area (Å²) in [7, 11) is 1.60. The van der Waals surface area contributed by atoms with E-state index in [1.165, 1.54) is 0 Å². The Morgan fingerprint density at radius 2 is 1.85 bits per heavy atom. The predicted octanol–water partition coefficient (Wildman–Crippen LogP) is 2.00. The van der Waals surface area contributed by atoms with E-state index in [4.69, 9.17) is 9.47 Å². The van der Waals surface area contributed by atoms with Crippen LogP contribution in [0.4, 0.5) is 0 Å². The molecular weight excluding hydrogens is 332 g/mol. The van der Waals surface area contributed by atoms with Crippen LogP contribution in [0, 0.1) is 0 Å². The molecule has 0 N–H and O–H groups in total. The second-order valence-electron chi connectivity index (χ2n) is 6.94. The molecule has 1 aromatic rings. The van der Waals surface area contributed by atoms with Crippen molar-refractivity contribution < 1.29 is 19.1 Å². The molecule has 1 fully saturated rings. The molecule has 2 amide bonds. The van der Waals surface area contributed by atoms with Crippen LogP contribution < -0.4 is 4.74 Å². The first-order valence-corrected chi connectivity index (χ1v) is 9.46. The summed E-state index contributed by atoms with van der Waals surface area (Å²) in [5.74, 6) is 1.16. The number of carbonyl (C=O) groups is 2. The lowest BCUT2D eigenvalue weighted by atomic mass is 10.0. The topological polar surface area (TPSA) is 59.1 Å². The van der Waals surface area contributed by atoms with Crippen molar-refractivity contribution in [3.8, 4) is 5.75 Å². The molecule has 0 saturated carbocycles. The fraction of sp³-hybridized carbons (Fsp3) is 0.600. The fourth-order valence-corrected chi connectivity index (χ4v) is 3.54. The van der Waals surface area contributed by atoms with E-state index in [1.54, 1.807) is 7.11 Å². The molecule has 0 aliphatic carbocycles. The number of nitrogens with zero attached hydrogens (tertiary/aromatic N) is 2. The van der Waals surface area contributed by atoms with Crippen LogP contribution in [0.2, 0.25) is 0 Å². The second-order valence-corrected chi connectivity index (χ2v) is 6.94. The number of hydrogen-bond donors (Lipinski definition) is 0. The first-order valence-electron chi connectivity index (χ1n) is 9.46. The number of ether oxygens (including phenoxy) is 2. The van der Waals surface area contributed by atoms with Crippen LogP contribution >= 0.6 is 0 Å². The lowest BCUT2D eigenvalue weighted by Gasteiger charge is -2.20. The number of benzene rings is 1. The van der Waals surface area contributed by atoms with Crippen molar-refractivity contribution in [1.82, 2.24) is 9.80 Å². The third-order valence-electron chi connectivity index (χ3n) is 5.06. The zero-order valence-corrected chi connectivity index (χ0v) is 15.5. The summed E-state index contributed by atoms with van der Waals surface area (Å²) in [6, 6.07) is 6.07. The molecule has 0 unspecified atom stereocenters. The minimum atomic E-state index is 0.0814. The van der Waals surface area contributed by atoms with E-state index >= 15 is 0 Å². The molecule has 2 aliphatic rings. The molecule has 142 valence electrons. The number of methoxy groups -OCH3 is 1. The Labute approximate surface area is 155 Å². The lowest BCUT2D eigenvalue weighted by molar-refractivity contribution is -0.133. The van der Waals surface area contributed by atoms with Gasteiger partial charge >= 0.3 is 0 Å². The van der Waals surface area contributed by atoms with E-state index < -0.39 is 0 Å². The second kappa shape index (κ2) is 9.03. The molecule has 6 nitrogen and oxygen atoms in total. The van der Waals surface area contributed by atoms with E-state index in [0.717, 1.165) is 49.2 Å². The summed E-state index contributed by atoms with van der Waals surface area (Å²) < 4.78 is 10.8. The van der Waals surface area contributed by atoms with Crippen LogP contribution in [0.25, 0.3) is 0 Å². The zero-order chi connectivity index (χ0) is 18.4. The average molecular weight is 360 g/mol. The van der Waals surface area contributed by atoms with Gasteiger partial charge in [0.05, 0.1) is 19.6 Å². The SMILES string of the molecule is COCCC(=O)N1CCOc2ccc(CCC(=O)N3CCCC3)cc2C1. The molecule has 0 atom stereocenters. The highest BCUT2D eigenvalue weighted by Gasteiger charge is 2.21. The first kappa shape index (κ1) is 18.7. The van der Waals surface area contributed by atoms with Gasteiger partial charge in [-0.3, -0.25) is 9.59 Å². The Balaban J connectivity index is 1.61. The first-order chi connectivity index (χ1) is 12.7. The number of fused-ring (bicyclic) bond motifs is 1. The van der Waals surface area contributed by atoms with E-state index in [-0.39, 0.29) is 11.8 Å². The maximum absolute atomic E-state index is 12.3. The third kappa shape index (κ3) is 4.75. The normalized spacial score (nSPS) is 16.8. The third-order valence-corrected chi connectivity index (χ3v) is 5.06. The number of carbonyl (C=O) groups excluding carboxylic acids is 2. The van der Waals surface area contributed by atoms with Gasteiger partial charge in [-0.2, -0.15) is 0 Å². The molecule has 26 heavy (non-hydrogen) atoms. The van der Waals surface area contributed by atoms with E-state index in [2.05, 4.69) is 6.07 Å². The molecule has 0 aromatic heterocycles. The van der Waals surface area contributed by atoms with Gasteiger partial charge in [0.1, 0.15) is 12.4 Å². The van der Waals surface area contributed by atoms with Gasteiger partial charge in [0.15, 0.2) is 0 Å². The van der Waals surface area contributed by atoms with Crippen molar-refractivity contribution in [1.29, 1.82) is 0 Å².